The first-order valence-electron chi connectivity index (χ1n) is 6.71. The number of rotatable bonds is 4. The zero-order valence-electron chi connectivity index (χ0n) is 11.4. The van der Waals surface area contributed by atoms with E-state index in [-0.39, 0.29) is 0 Å². The minimum atomic E-state index is -0.531. The van der Waals surface area contributed by atoms with Crippen molar-refractivity contribution in [1.29, 1.82) is 0 Å². The molecule has 0 heterocycles. The van der Waals surface area contributed by atoms with Gasteiger partial charge in [-0.2, -0.15) is 0 Å². The van der Waals surface area contributed by atoms with Gasteiger partial charge in [0, 0.05) is 3.57 Å². The van der Waals surface area contributed by atoms with Gasteiger partial charge in [0.2, 0.25) is 0 Å². The van der Waals surface area contributed by atoms with Gasteiger partial charge < -0.3 is 5.11 Å². The molecule has 100 valence electrons. The molecule has 19 heavy (non-hydrogen) atoms. The number of aliphatic hydroxyl groups is 1. The van der Waals surface area contributed by atoms with Crippen LogP contribution < -0.4 is 0 Å². The molecule has 0 spiro atoms. The van der Waals surface area contributed by atoms with Gasteiger partial charge in [-0.05, 0) is 69.8 Å². The molecule has 0 bridgehead atoms. The van der Waals surface area contributed by atoms with Gasteiger partial charge >= 0.3 is 0 Å². The summed E-state index contributed by atoms with van der Waals surface area (Å²) in [5, 5.41) is 10.6. The highest BCUT2D eigenvalue weighted by Crippen LogP contribution is 2.27. The molecule has 0 saturated heterocycles. The third kappa shape index (κ3) is 3.37. The molecule has 0 amide bonds. The molecular weight excluding hydrogens is 347 g/mol. The summed E-state index contributed by atoms with van der Waals surface area (Å²) in [7, 11) is 0. The lowest BCUT2D eigenvalue weighted by Gasteiger charge is -2.17. The lowest BCUT2D eigenvalue weighted by Crippen LogP contribution is -2.04. The summed E-state index contributed by atoms with van der Waals surface area (Å²) in [6, 6.07) is 14.5. The number of hydrogen-bond donors (Lipinski definition) is 1. The second kappa shape index (κ2) is 6.53. The van der Waals surface area contributed by atoms with Gasteiger partial charge in [-0.1, -0.05) is 44.2 Å². The van der Waals surface area contributed by atoms with E-state index in [4.69, 9.17) is 0 Å². The summed E-state index contributed by atoms with van der Waals surface area (Å²) >= 11 is 2.28. The third-order valence-electron chi connectivity index (χ3n) is 3.46. The lowest BCUT2D eigenvalue weighted by atomic mass is 9.93. The number of aliphatic hydroxyl groups excluding tert-OH is 1. The van der Waals surface area contributed by atoms with Crippen molar-refractivity contribution in [2.45, 2.75) is 32.8 Å². The number of aryl methyl sites for hydroxylation is 2. The molecule has 2 rings (SSSR count). The van der Waals surface area contributed by atoms with E-state index in [1.54, 1.807) is 0 Å². The molecule has 0 aromatic heterocycles. The van der Waals surface area contributed by atoms with Gasteiger partial charge in [0.15, 0.2) is 0 Å². The number of halogens is 1. The molecule has 0 aliphatic rings. The Morgan fingerprint density at radius 3 is 2.47 bits per heavy atom. The molecule has 1 N–H and O–H groups in total. The van der Waals surface area contributed by atoms with Gasteiger partial charge in [-0.3, -0.25) is 0 Å². The summed E-state index contributed by atoms with van der Waals surface area (Å²) in [4.78, 5) is 0. The van der Waals surface area contributed by atoms with Crippen molar-refractivity contribution in [1.82, 2.24) is 0 Å². The van der Waals surface area contributed by atoms with Crippen molar-refractivity contribution in [2.24, 2.45) is 0 Å². The summed E-state index contributed by atoms with van der Waals surface area (Å²) in [5.41, 5.74) is 4.51. The van der Waals surface area contributed by atoms with Crippen LogP contribution >= 0.6 is 22.6 Å². The highest BCUT2D eigenvalue weighted by molar-refractivity contribution is 14.1. The second-order valence-corrected chi connectivity index (χ2v) is 5.94. The SMILES string of the molecule is CCc1ccc(CC)c(C(O)c2cccc(I)c2)c1. The molecule has 1 nitrogen and oxygen atoms in total. The van der Waals surface area contributed by atoms with Crippen LogP contribution in [0.1, 0.15) is 42.2 Å². The van der Waals surface area contributed by atoms with Crippen molar-refractivity contribution in [3.05, 3.63) is 68.3 Å². The van der Waals surface area contributed by atoms with Crippen LogP contribution in [0.5, 0.6) is 0 Å². The lowest BCUT2D eigenvalue weighted by molar-refractivity contribution is 0.219. The maximum atomic E-state index is 10.6. The van der Waals surface area contributed by atoms with Gasteiger partial charge in [0.25, 0.3) is 0 Å². The molecule has 2 aromatic carbocycles. The highest BCUT2D eigenvalue weighted by Gasteiger charge is 2.14. The topological polar surface area (TPSA) is 20.2 Å². The first-order chi connectivity index (χ1) is 9.15. The Kier molecular flexibility index (Phi) is 4.99. The van der Waals surface area contributed by atoms with Crippen LogP contribution in [0.4, 0.5) is 0 Å². The van der Waals surface area contributed by atoms with E-state index in [1.807, 2.05) is 24.3 Å². The van der Waals surface area contributed by atoms with E-state index >= 15 is 0 Å². The Bertz CT molecular complexity index is 563. The van der Waals surface area contributed by atoms with Crippen molar-refractivity contribution in [3.63, 3.8) is 0 Å². The molecule has 0 fully saturated rings. The van der Waals surface area contributed by atoms with E-state index in [0.29, 0.717) is 0 Å². The summed E-state index contributed by atoms with van der Waals surface area (Å²) < 4.78 is 1.15. The molecule has 0 aliphatic heterocycles. The predicted molar refractivity (Wildman–Crippen MR) is 88.4 cm³/mol. The third-order valence-corrected chi connectivity index (χ3v) is 4.13. The zero-order chi connectivity index (χ0) is 13.8. The van der Waals surface area contributed by atoms with E-state index in [9.17, 15) is 5.11 Å². The Morgan fingerprint density at radius 1 is 1.05 bits per heavy atom. The molecule has 2 heteroatoms. The summed E-state index contributed by atoms with van der Waals surface area (Å²) in [6.07, 6.45) is 1.41. The Balaban J connectivity index is 2.44. The van der Waals surface area contributed by atoms with E-state index in [2.05, 4.69) is 54.6 Å². The van der Waals surface area contributed by atoms with E-state index in [0.717, 1.165) is 27.5 Å². The van der Waals surface area contributed by atoms with Crippen molar-refractivity contribution < 1.29 is 5.11 Å². The fourth-order valence-electron chi connectivity index (χ4n) is 2.30. The number of hydrogen-bond acceptors (Lipinski definition) is 1. The van der Waals surface area contributed by atoms with Gasteiger partial charge in [0.1, 0.15) is 6.10 Å². The van der Waals surface area contributed by atoms with Crippen LogP contribution in [0.2, 0.25) is 0 Å². The molecule has 1 unspecified atom stereocenters. The molecular formula is C17H19IO. The van der Waals surface area contributed by atoms with Crippen LogP contribution in [-0.4, -0.2) is 5.11 Å². The van der Waals surface area contributed by atoms with E-state index < -0.39 is 6.10 Å². The monoisotopic (exact) mass is 366 g/mol. The Labute approximate surface area is 128 Å². The standard InChI is InChI=1S/C17H19IO/c1-3-12-8-9-13(4-2)16(10-12)17(19)14-6-5-7-15(18)11-14/h5-11,17,19H,3-4H2,1-2H3. The summed E-state index contributed by atoms with van der Waals surface area (Å²) in [5.74, 6) is 0. The van der Waals surface area contributed by atoms with Crippen LogP contribution in [-0.2, 0) is 12.8 Å². The van der Waals surface area contributed by atoms with Crippen LogP contribution in [0, 0.1) is 3.57 Å². The summed E-state index contributed by atoms with van der Waals surface area (Å²) in [6.45, 7) is 4.27. The van der Waals surface area contributed by atoms with Crippen molar-refractivity contribution in [3.8, 4) is 0 Å². The quantitative estimate of drug-likeness (QED) is 0.791. The molecule has 0 saturated carbocycles. The van der Waals surface area contributed by atoms with Crippen molar-refractivity contribution in [2.75, 3.05) is 0 Å². The van der Waals surface area contributed by atoms with Crippen LogP contribution in [0.3, 0.4) is 0 Å². The van der Waals surface area contributed by atoms with Crippen LogP contribution in [0.25, 0.3) is 0 Å². The molecule has 1 atom stereocenters. The zero-order valence-corrected chi connectivity index (χ0v) is 13.5. The average molecular weight is 366 g/mol. The first kappa shape index (κ1) is 14.5. The fraction of sp³-hybridized carbons (Fsp3) is 0.294. The predicted octanol–water partition coefficient (Wildman–Crippen LogP) is 4.50. The molecule has 0 aliphatic carbocycles. The minimum absolute atomic E-state index is 0.531. The van der Waals surface area contributed by atoms with E-state index in [1.165, 1.54) is 11.1 Å². The largest absolute Gasteiger partial charge is 0.384 e. The fourth-order valence-corrected chi connectivity index (χ4v) is 2.86. The van der Waals surface area contributed by atoms with Gasteiger partial charge in [0.05, 0.1) is 0 Å². The highest BCUT2D eigenvalue weighted by atomic mass is 127. The molecule has 0 radical (unpaired) electrons. The van der Waals surface area contributed by atoms with Crippen molar-refractivity contribution >= 4 is 22.6 Å². The normalized spacial score (nSPS) is 12.4. The maximum absolute atomic E-state index is 10.6. The first-order valence-corrected chi connectivity index (χ1v) is 7.78. The van der Waals surface area contributed by atoms with Gasteiger partial charge in [-0.15, -0.1) is 0 Å². The Hall–Kier alpha value is -0.870. The molecule has 2 aromatic rings. The average Bonchev–Trinajstić information content (AvgIpc) is 2.45. The number of benzene rings is 2. The smallest absolute Gasteiger partial charge is 0.104 e. The van der Waals surface area contributed by atoms with Crippen LogP contribution in [0.15, 0.2) is 42.5 Å². The maximum Gasteiger partial charge on any atom is 0.104 e. The van der Waals surface area contributed by atoms with Gasteiger partial charge in [-0.25, -0.2) is 0 Å². The Morgan fingerprint density at radius 2 is 1.84 bits per heavy atom. The minimum Gasteiger partial charge on any atom is -0.384 e. The second-order valence-electron chi connectivity index (χ2n) is 4.70.